The molecule has 0 aromatic rings. The lowest BCUT2D eigenvalue weighted by molar-refractivity contribution is -0.130. The number of nitrogens with one attached hydrogen (secondary N) is 1. The average molecular weight is 241 g/mol. The maximum Gasteiger partial charge on any atom is 0.246 e. The fourth-order valence-electron chi connectivity index (χ4n) is 2.22. The van der Waals surface area contributed by atoms with Crippen LogP contribution in [0.1, 0.15) is 59.3 Å². The minimum Gasteiger partial charge on any atom is -0.366 e. The van der Waals surface area contributed by atoms with Crippen LogP contribution in [0.3, 0.4) is 0 Å². The summed E-state index contributed by atoms with van der Waals surface area (Å²) in [7, 11) is 0. The molecular weight excluding hydrogens is 214 g/mol. The first kappa shape index (κ1) is 14.5. The fraction of sp³-hybridized carbons (Fsp3) is 0.929. The second-order valence-corrected chi connectivity index (χ2v) is 6.04. The molecule has 0 unspecified atom stereocenters. The van der Waals surface area contributed by atoms with Gasteiger partial charge in [0.1, 0.15) is 6.61 Å². The van der Waals surface area contributed by atoms with Crippen molar-refractivity contribution in [3.05, 3.63) is 0 Å². The van der Waals surface area contributed by atoms with Crippen LogP contribution in [0.2, 0.25) is 0 Å². The quantitative estimate of drug-likeness (QED) is 0.803. The van der Waals surface area contributed by atoms with Crippen LogP contribution in [0.5, 0.6) is 0 Å². The lowest BCUT2D eigenvalue weighted by Crippen LogP contribution is -2.33. The van der Waals surface area contributed by atoms with E-state index in [2.05, 4.69) is 5.32 Å². The summed E-state index contributed by atoms with van der Waals surface area (Å²) >= 11 is 0. The third-order valence-electron chi connectivity index (χ3n) is 3.24. The summed E-state index contributed by atoms with van der Waals surface area (Å²) in [5, 5.41) is 2.94. The topological polar surface area (TPSA) is 38.3 Å². The molecule has 17 heavy (non-hydrogen) atoms. The predicted molar refractivity (Wildman–Crippen MR) is 69.9 cm³/mol. The molecule has 1 fully saturated rings. The van der Waals surface area contributed by atoms with Gasteiger partial charge >= 0.3 is 0 Å². The van der Waals surface area contributed by atoms with Crippen LogP contribution in [0, 0.1) is 5.92 Å². The van der Waals surface area contributed by atoms with E-state index >= 15 is 0 Å². The first-order chi connectivity index (χ1) is 7.97. The number of rotatable bonds is 5. The zero-order valence-corrected chi connectivity index (χ0v) is 11.6. The van der Waals surface area contributed by atoms with E-state index in [1.807, 2.05) is 20.8 Å². The van der Waals surface area contributed by atoms with Gasteiger partial charge in [-0.15, -0.1) is 0 Å². The van der Waals surface area contributed by atoms with E-state index in [-0.39, 0.29) is 18.1 Å². The number of hydrogen-bond donors (Lipinski definition) is 1. The Morgan fingerprint density at radius 3 is 2.47 bits per heavy atom. The summed E-state index contributed by atoms with van der Waals surface area (Å²) < 4.78 is 5.42. The lowest BCUT2D eigenvalue weighted by Gasteiger charge is -2.22. The smallest absolute Gasteiger partial charge is 0.246 e. The highest BCUT2D eigenvalue weighted by atomic mass is 16.5. The Hall–Kier alpha value is -0.570. The molecule has 0 bridgehead atoms. The fourth-order valence-corrected chi connectivity index (χ4v) is 2.22. The molecule has 3 heteroatoms. The normalized spacial score (nSPS) is 18.1. The first-order valence-electron chi connectivity index (χ1n) is 6.88. The molecular formula is C14H27NO2. The van der Waals surface area contributed by atoms with Gasteiger partial charge in [-0.25, -0.2) is 0 Å². The van der Waals surface area contributed by atoms with Gasteiger partial charge in [-0.2, -0.15) is 0 Å². The highest BCUT2D eigenvalue weighted by Gasteiger charge is 2.15. The third kappa shape index (κ3) is 7.37. The maximum atomic E-state index is 11.5. The highest BCUT2D eigenvalue weighted by Crippen LogP contribution is 2.25. The summed E-state index contributed by atoms with van der Waals surface area (Å²) in [5.41, 5.74) is -0.235. The molecule has 1 amide bonds. The maximum absolute atomic E-state index is 11.5. The monoisotopic (exact) mass is 241 g/mol. The van der Waals surface area contributed by atoms with E-state index in [1.54, 1.807) is 0 Å². The number of carbonyl (C=O) groups excluding carboxylic acids is 1. The van der Waals surface area contributed by atoms with Crippen molar-refractivity contribution in [1.29, 1.82) is 0 Å². The lowest BCUT2D eigenvalue weighted by atomic mass is 9.87. The van der Waals surface area contributed by atoms with E-state index in [0.29, 0.717) is 0 Å². The number of hydrogen-bond acceptors (Lipinski definition) is 2. The van der Waals surface area contributed by atoms with Crippen LogP contribution >= 0.6 is 0 Å². The second kappa shape index (κ2) is 7.00. The molecule has 3 nitrogen and oxygen atoms in total. The molecule has 1 N–H and O–H groups in total. The molecule has 1 aliphatic rings. The second-order valence-electron chi connectivity index (χ2n) is 6.04. The van der Waals surface area contributed by atoms with Crippen molar-refractivity contribution in [3.63, 3.8) is 0 Å². The van der Waals surface area contributed by atoms with Crippen LogP contribution in [0.4, 0.5) is 0 Å². The van der Waals surface area contributed by atoms with Crippen molar-refractivity contribution in [1.82, 2.24) is 5.32 Å². The van der Waals surface area contributed by atoms with Crippen molar-refractivity contribution in [3.8, 4) is 0 Å². The number of amides is 1. The Morgan fingerprint density at radius 2 is 1.88 bits per heavy atom. The molecule has 0 aromatic carbocycles. The zero-order chi connectivity index (χ0) is 12.7. The van der Waals surface area contributed by atoms with Gasteiger partial charge in [0.05, 0.1) is 5.60 Å². The minimum absolute atomic E-state index is 0.00994. The van der Waals surface area contributed by atoms with Gasteiger partial charge in [-0.05, 0) is 33.1 Å². The number of carbonyl (C=O) groups is 1. The van der Waals surface area contributed by atoms with E-state index in [4.69, 9.17) is 4.74 Å². The highest BCUT2D eigenvalue weighted by molar-refractivity contribution is 5.77. The minimum atomic E-state index is -0.235. The van der Waals surface area contributed by atoms with Crippen LogP contribution in [0.15, 0.2) is 0 Å². The SMILES string of the molecule is CC(C)(C)OCC(=O)NCCC1CCCCC1. The molecule has 1 rings (SSSR count). The summed E-state index contributed by atoms with van der Waals surface area (Å²) in [6.45, 7) is 6.86. The molecule has 1 saturated carbocycles. The van der Waals surface area contributed by atoms with Gasteiger partial charge in [0.15, 0.2) is 0 Å². The van der Waals surface area contributed by atoms with Gasteiger partial charge in [0, 0.05) is 6.54 Å². The van der Waals surface area contributed by atoms with Crippen molar-refractivity contribution >= 4 is 5.91 Å². The van der Waals surface area contributed by atoms with Crippen LogP contribution in [-0.4, -0.2) is 24.7 Å². The van der Waals surface area contributed by atoms with Crippen LogP contribution in [0.25, 0.3) is 0 Å². The summed E-state index contributed by atoms with van der Waals surface area (Å²) in [5.74, 6) is 0.836. The molecule has 0 aliphatic heterocycles. The Kier molecular flexibility index (Phi) is 5.96. The van der Waals surface area contributed by atoms with Gasteiger partial charge in [0.2, 0.25) is 5.91 Å². The summed E-state index contributed by atoms with van der Waals surface area (Å²) in [6, 6.07) is 0. The van der Waals surface area contributed by atoms with E-state index in [1.165, 1.54) is 32.1 Å². The molecule has 0 atom stereocenters. The molecule has 0 spiro atoms. The van der Waals surface area contributed by atoms with Crippen LogP contribution in [-0.2, 0) is 9.53 Å². The molecule has 0 saturated heterocycles. The van der Waals surface area contributed by atoms with Gasteiger partial charge in [-0.3, -0.25) is 4.79 Å². The van der Waals surface area contributed by atoms with E-state index in [0.717, 1.165) is 18.9 Å². The summed E-state index contributed by atoms with van der Waals surface area (Å²) in [4.78, 5) is 11.5. The number of ether oxygens (including phenoxy) is 1. The van der Waals surface area contributed by atoms with Gasteiger partial charge in [-0.1, -0.05) is 32.1 Å². The molecule has 1 aliphatic carbocycles. The standard InChI is InChI=1S/C14H27NO2/c1-14(2,3)17-11-13(16)15-10-9-12-7-5-4-6-8-12/h12H,4-11H2,1-3H3,(H,15,16). The third-order valence-corrected chi connectivity index (χ3v) is 3.24. The van der Waals surface area contributed by atoms with Crippen molar-refractivity contribution < 1.29 is 9.53 Å². The van der Waals surface area contributed by atoms with Crippen molar-refractivity contribution in [2.75, 3.05) is 13.2 Å². The Morgan fingerprint density at radius 1 is 1.24 bits per heavy atom. The Labute approximate surface area is 105 Å². The van der Waals surface area contributed by atoms with Crippen molar-refractivity contribution in [2.45, 2.75) is 64.9 Å². The Bertz CT molecular complexity index is 227. The van der Waals surface area contributed by atoms with Crippen molar-refractivity contribution in [2.24, 2.45) is 5.92 Å². The molecule has 0 aromatic heterocycles. The molecule has 0 heterocycles. The van der Waals surface area contributed by atoms with E-state index < -0.39 is 0 Å². The van der Waals surface area contributed by atoms with Crippen LogP contribution < -0.4 is 5.32 Å². The molecule has 0 radical (unpaired) electrons. The summed E-state index contributed by atoms with van der Waals surface area (Å²) in [6.07, 6.45) is 7.93. The Balaban J connectivity index is 2.03. The van der Waals surface area contributed by atoms with E-state index in [9.17, 15) is 4.79 Å². The first-order valence-corrected chi connectivity index (χ1v) is 6.88. The average Bonchev–Trinajstić information content (AvgIpc) is 2.27. The molecule has 100 valence electrons. The zero-order valence-electron chi connectivity index (χ0n) is 11.6. The van der Waals surface area contributed by atoms with Gasteiger partial charge < -0.3 is 10.1 Å². The predicted octanol–water partition coefficient (Wildman–Crippen LogP) is 2.89. The van der Waals surface area contributed by atoms with Gasteiger partial charge in [0.25, 0.3) is 0 Å². The largest absolute Gasteiger partial charge is 0.366 e.